The molecule has 1 atom stereocenters. The van der Waals surface area contributed by atoms with Gasteiger partial charge in [0.05, 0.1) is 11.7 Å². The van der Waals surface area contributed by atoms with E-state index < -0.39 is 5.60 Å². The Morgan fingerprint density at radius 2 is 1.92 bits per heavy atom. The molecule has 1 aliphatic heterocycles. The molecule has 12 heavy (non-hydrogen) atoms. The topological polar surface area (TPSA) is 43.7 Å². The van der Waals surface area contributed by atoms with Crippen molar-refractivity contribution in [1.29, 1.82) is 0 Å². The Bertz CT molecular complexity index is 149. The molecular weight excluding hydrogens is 154 g/mol. The number of hydrogen-bond donors (Lipinski definition) is 2. The summed E-state index contributed by atoms with van der Waals surface area (Å²) in [4.78, 5) is 2.07. The van der Waals surface area contributed by atoms with Gasteiger partial charge < -0.3 is 10.2 Å². The molecule has 2 N–H and O–H groups in total. The third kappa shape index (κ3) is 2.44. The molecule has 1 heterocycles. The van der Waals surface area contributed by atoms with Crippen LogP contribution in [-0.2, 0) is 0 Å². The number of aliphatic hydroxyl groups excluding tert-OH is 1. The van der Waals surface area contributed by atoms with Gasteiger partial charge >= 0.3 is 0 Å². The summed E-state index contributed by atoms with van der Waals surface area (Å²) in [5, 5.41) is 18.9. The molecule has 0 aromatic rings. The van der Waals surface area contributed by atoms with E-state index in [9.17, 15) is 10.2 Å². The van der Waals surface area contributed by atoms with Crippen LogP contribution in [0.2, 0.25) is 0 Å². The second kappa shape index (κ2) is 3.32. The fourth-order valence-corrected chi connectivity index (χ4v) is 1.52. The summed E-state index contributed by atoms with van der Waals surface area (Å²) in [6.07, 6.45) is -0.263. The second-order valence-electron chi connectivity index (χ2n) is 4.48. The molecule has 0 aromatic carbocycles. The lowest BCUT2D eigenvalue weighted by molar-refractivity contribution is -0.0987. The van der Waals surface area contributed by atoms with Crippen LogP contribution in [0.15, 0.2) is 0 Å². The number of hydrogen-bond acceptors (Lipinski definition) is 3. The zero-order chi connectivity index (χ0) is 9.35. The smallest absolute Gasteiger partial charge is 0.0872 e. The fourth-order valence-electron chi connectivity index (χ4n) is 1.52. The van der Waals surface area contributed by atoms with Crippen LogP contribution in [-0.4, -0.2) is 46.5 Å². The van der Waals surface area contributed by atoms with E-state index >= 15 is 0 Å². The Labute approximate surface area is 74.0 Å². The van der Waals surface area contributed by atoms with Crippen molar-refractivity contribution in [3.8, 4) is 0 Å². The normalized spacial score (nSPS) is 25.5. The highest BCUT2D eigenvalue weighted by atomic mass is 16.3. The third-order valence-corrected chi connectivity index (χ3v) is 2.34. The maximum atomic E-state index is 9.51. The largest absolute Gasteiger partial charge is 0.392 e. The molecule has 0 spiro atoms. The van der Waals surface area contributed by atoms with Gasteiger partial charge in [0.15, 0.2) is 0 Å². The van der Waals surface area contributed by atoms with E-state index in [1.54, 1.807) is 0 Å². The van der Waals surface area contributed by atoms with Crippen LogP contribution in [0.3, 0.4) is 0 Å². The van der Waals surface area contributed by atoms with E-state index in [-0.39, 0.29) is 6.10 Å². The van der Waals surface area contributed by atoms with Gasteiger partial charge in [-0.1, -0.05) is 13.8 Å². The van der Waals surface area contributed by atoms with Crippen molar-refractivity contribution in [3.63, 3.8) is 0 Å². The minimum absolute atomic E-state index is 0.263. The van der Waals surface area contributed by atoms with Crippen molar-refractivity contribution in [3.05, 3.63) is 0 Å². The summed E-state index contributed by atoms with van der Waals surface area (Å²) in [6.45, 7) is 7.90. The molecule has 1 rings (SSSR count). The van der Waals surface area contributed by atoms with Crippen molar-refractivity contribution in [2.75, 3.05) is 19.6 Å². The van der Waals surface area contributed by atoms with Crippen LogP contribution in [0.4, 0.5) is 0 Å². The van der Waals surface area contributed by atoms with Crippen LogP contribution in [0.5, 0.6) is 0 Å². The van der Waals surface area contributed by atoms with Crippen molar-refractivity contribution < 1.29 is 10.2 Å². The molecule has 0 saturated carbocycles. The van der Waals surface area contributed by atoms with Gasteiger partial charge in [0.1, 0.15) is 0 Å². The molecule has 0 aromatic heterocycles. The van der Waals surface area contributed by atoms with Gasteiger partial charge in [0.2, 0.25) is 0 Å². The van der Waals surface area contributed by atoms with Crippen molar-refractivity contribution >= 4 is 0 Å². The minimum Gasteiger partial charge on any atom is -0.392 e. The summed E-state index contributed by atoms with van der Waals surface area (Å²) >= 11 is 0. The predicted octanol–water partition coefficient (Wildman–Crippen LogP) is 0.0699. The van der Waals surface area contributed by atoms with Gasteiger partial charge in [-0.3, -0.25) is 4.90 Å². The average molecular weight is 173 g/mol. The number of β-amino-alcohol motifs (C(OH)–C–C–N with tert-alkyl or cyclic N) is 2. The number of nitrogens with zero attached hydrogens (tertiary/aromatic N) is 1. The van der Waals surface area contributed by atoms with Gasteiger partial charge in [-0.15, -0.1) is 0 Å². The highest BCUT2D eigenvalue weighted by Crippen LogP contribution is 2.20. The zero-order valence-corrected chi connectivity index (χ0v) is 8.12. The van der Waals surface area contributed by atoms with Gasteiger partial charge in [0, 0.05) is 19.6 Å². The molecule has 0 amide bonds. The standard InChI is InChI=1S/C9H19NO2/c1-7(2)8(11)4-10-5-9(3,12)6-10/h7-8,11-12H,4-6H2,1-3H3. The first-order valence-corrected chi connectivity index (χ1v) is 4.53. The van der Waals surface area contributed by atoms with Crippen LogP contribution in [0.25, 0.3) is 0 Å². The first-order chi connectivity index (χ1) is 5.41. The molecule has 0 bridgehead atoms. The lowest BCUT2D eigenvalue weighted by Gasteiger charge is -2.45. The van der Waals surface area contributed by atoms with Gasteiger partial charge in [-0.2, -0.15) is 0 Å². The Hall–Kier alpha value is -0.120. The van der Waals surface area contributed by atoms with Gasteiger partial charge in [0.25, 0.3) is 0 Å². The fraction of sp³-hybridized carbons (Fsp3) is 1.00. The maximum Gasteiger partial charge on any atom is 0.0872 e. The molecule has 0 radical (unpaired) electrons. The molecule has 72 valence electrons. The van der Waals surface area contributed by atoms with E-state index in [4.69, 9.17) is 0 Å². The van der Waals surface area contributed by atoms with Crippen molar-refractivity contribution in [1.82, 2.24) is 4.90 Å². The van der Waals surface area contributed by atoms with E-state index in [0.717, 1.165) is 0 Å². The monoisotopic (exact) mass is 173 g/mol. The third-order valence-electron chi connectivity index (χ3n) is 2.34. The SMILES string of the molecule is CC(C)C(O)CN1CC(C)(O)C1. The van der Waals surface area contributed by atoms with Crippen LogP contribution >= 0.6 is 0 Å². The predicted molar refractivity (Wildman–Crippen MR) is 47.9 cm³/mol. The van der Waals surface area contributed by atoms with Crippen LogP contribution in [0.1, 0.15) is 20.8 Å². The van der Waals surface area contributed by atoms with Crippen molar-refractivity contribution in [2.24, 2.45) is 5.92 Å². The number of aliphatic hydroxyl groups is 2. The molecule has 1 aliphatic rings. The zero-order valence-electron chi connectivity index (χ0n) is 8.12. The quantitative estimate of drug-likeness (QED) is 0.635. The Morgan fingerprint density at radius 1 is 1.42 bits per heavy atom. The van der Waals surface area contributed by atoms with Crippen LogP contribution in [0, 0.1) is 5.92 Å². The van der Waals surface area contributed by atoms with E-state index in [0.29, 0.717) is 25.6 Å². The molecule has 1 fully saturated rings. The molecular formula is C9H19NO2. The average Bonchev–Trinajstić information content (AvgIpc) is 1.83. The van der Waals surface area contributed by atoms with E-state index in [1.165, 1.54) is 0 Å². The molecule has 3 nitrogen and oxygen atoms in total. The van der Waals surface area contributed by atoms with E-state index in [2.05, 4.69) is 4.90 Å². The first kappa shape index (κ1) is 9.96. The molecule has 1 unspecified atom stereocenters. The lowest BCUT2D eigenvalue weighted by atomic mass is 9.95. The first-order valence-electron chi connectivity index (χ1n) is 4.53. The molecule has 3 heteroatoms. The number of likely N-dealkylation sites (tertiary alicyclic amines) is 1. The van der Waals surface area contributed by atoms with E-state index in [1.807, 2.05) is 20.8 Å². The Morgan fingerprint density at radius 3 is 2.25 bits per heavy atom. The summed E-state index contributed by atoms with van der Waals surface area (Å²) in [6, 6.07) is 0. The van der Waals surface area contributed by atoms with Crippen LogP contribution < -0.4 is 0 Å². The lowest BCUT2D eigenvalue weighted by Crippen LogP contribution is -2.61. The summed E-state index contributed by atoms with van der Waals surface area (Å²) in [5.74, 6) is 0.301. The van der Waals surface area contributed by atoms with Gasteiger partial charge in [-0.25, -0.2) is 0 Å². The summed E-state index contributed by atoms with van der Waals surface area (Å²) in [5.41, 5.74) is -0.517. The summed E-state index contributed by atoms with van der Waals surface area (Å²) < 4.78 is 0. The highest BCUT2D eigenvalue weighted by Gasteiger charge is 2.37. The van der Waals surface area contributed by atoms with Gasteiger partial charge in [-0.05, 0) is 12.8 Å². The Balaban J connectivity index is 2.19. The highest BCUT2D eigenvalue weighted by molar-refractivity contribution is 4.92. The Kier molecular flexibility index (Phi) is 2.76. The minimum atomic E-state index is -0.517. The molecule has 1 saturated heterocycles. The molecule has 0 aliphatic carbocycles. The second-order valence-corrected chi connectivity index (χ2v) is 4.48. The number of rotatable bonds is 3. The summed E-state index contributed by atoms with van der Waals surface area (Å²) in [7, 11) is 0. The van der Waals surface area contributed by atoms with Crippen molar-refractivity contribution in [2.45, 2.75) is 32.5 Å². The maximum absolute atomic E-state index is 9.51.